The smallest absolute Gasteiger partial charge is 0.0831 e. The Morgan fingerprint density at radius 2 is 1.73 bits per heavy atom. The standard InChI is InChI=1S/C16H18ClN5/c1-20(9-13-7-18-21(2)11-13)10-14-8-19-22(12-14)16-6-4-3-5-15(16)17/h3-8,11-12H,9-10H2,1-2H3. The number of aryl methyl sites for hydroxylation is 1. The van der Waals surface area contributed by atoms with E-state index in [0.29, 0.717) is 5.02 Å². The molecule has 0 aliphatic rings. The number of hydrogen-bond donors (Lipinski definition) is 0. The molecule has 0 radical (unpaired) electrons. The Morgan fingerprint density at radius 1 is 1.05 bits per heavy atom. The van der Waals surface area contributed by atoms with E-state index >= 15 is 0 Å². The summed E-state index contributed by atoms with van der Waals surface area (Å²) in [5, 5.41) is 9.28. The quantitative estimate of drug-likeness (QED) is 0.726. The summed E-state index contributed by atoms with van der Waals surface area (Å²) in [6.07, 6.45) is 7.82. The molecule has 3 rings (SSSR count). The van der Waals surface area contributed by atoms with Gasteiger partial charge in [0.05, 0.1) is 23.1 Å². The monoisotopic (exact) mass is 315 g/mol. The van der Waals surface area contributed by atoms with Gasteiger partial charge in [0, 0.05) is 43.7 Å². The number of para-hydroxylation sites is 1. The molecular formula is C16H18ClN5. The van der Waals surface area contributed by atoms with Crippen LogP contribution in [-0.2, 0) is 20.1 Å². The predicted octanol–water partition coefficient (Wildman–Crippen LogP) is 2.89. The summed E-state index contributed by atoms with van der Waals surface area (Å²) < 4.78 is 3.63. The summed E-state index contributed by atoms with van der Waals surface area (Å²) in [6.45, 7) is 1.67. The van der Waals surface area contributed by atoms with Crippen molar-refractivity contribution in [3.8, 4) is 5.69 Å². The van der Waals surface area contributed by atoms with Crippen LogP contribution in [0.4, 0.5) is 0 Å². The zero-order chi connectivity index (χ0) is 15.5. The Kier molecular flexibility index (Phi) is 4.27. The first-order valence-electron chi connectivity index (χ1n) is 7.06. The minimum absolute atomic E-state index is 0.695. The summed E-state index contributed by atoms with van der Waals surface area (Å²) in [5.41, 5.74) is 3.24. The Balaban J connectivity index is 1.68. The fourth-order valence-corrected chi connectivity index (χ4v) is 2.67. The lowest BCUT2D eigenvalue weighted by Gasteiger charge is -2.14. The van der Waals surface area contributed by atoms with Crippen molar-refractivity contribution in [1.29, 1.82) is 0 Å². The van der Waals surface area contributed by atoms with Crippen LogP contribution >= 0.6 is 11.6 Å². The van der Waals surface area contributed by atoms with Gasteiger partial charge in [-0.2, -0.15) is 10.2 Å². The van der Waals surface area contributed by atoms with E-state index < -0.39 is 0 Å². The van der Waals surface area contributed by atoms with Crippen LogP contribution in [0, 0.1) is 0 Å². The van der Waals surface area contributed by atoms with E-state index in [1.807, 2.05) is 65.5 Å². The van der Waals surface area contributed by atoms with Gasteiger partial charge < -0.3 is 0 Å². The summed E-state index contributed by atoms with van der Waals surface area (Å²) >= 11 is 6.20. The summed E-state index contributed by atoms with van der Waals surface area (Å²) in [7, 11) is 4.01. The lowest BCUT2D eigenvalue weighted by Crippen LogP contribution is -2.16. The molecule has 2 heterocycles. The van der Waals surface area contributed by atoms with Crippen molar-refractivity contribution < 1.29 is 0 Å². The van der Waals surface area contributed by atoms with Gasteiger partial charge >= 0.3 is 0 Å². The van der Waals surface area contributed by atoms with Gasteiger partial charge in [-0.1, -0.05) is 23.7 Å². The van der Waals surface area contributed by atoms with Gasteiger partial charge in [-0.25, -0.2) is 4.68 Å². The van der Waals surface area contributed by atoms with Crippen molar-refractivity contribution in [2.45, 2.75) is 13.1 Å². The molecule has 1 aromatic carbocycles. The first-order chi connectivity index (χ1) is 10.6. The molecule has 6 heteroatoms. The van der Waals surface area contributed by atoms with E-state index in [2.05, 4.69) is 22.1 Å². The molecule has 0 aliphatic carbocycles. The summed E-state index contributed by atoms with van der Waals surface area (Å²) in [6, 6.07) is 7.69. The maximum atomic E-state index is 6.20. The predicted molar refractivity (Wildman–Crippen MR) is 87.0 cm³/mol. The lowest BCUT2D eigenvalue weighted by atomic mass is 10.3. The van der Waals surface area contributed by atoms with Crippen LogP contribution in [0.15, 0.2) is 49.1 Å². The number of rotatable bonds is 5. The van der Waals surface area contributed by atoms with Crippen LogP contribution in [0.5, 0.6) is 0 Å². The van der Waals surface area contributed by atoms with E-state index in [-0.39, 0.29) is 0 Å². The lowest BCUT2D eigenvalue weighted by molar-refractivity contribution is 0.319. The van der Waals surface area contributed by atoms with Crippen LogP contribution in [0.3, 0.4) is 0 Å². The van der Waals surface area contributed by atoms with Gasteiger partial charge in [-0.15, -0.1) is 0 Å². The zero-order valence-corrected chi connectivity index (χ0v) is 13.4. The SMILES string of the molecule is CN(Cc1cnn(C)c1)Cc1cnn(-c2ccccc2Cl)c1. The van der Waals surface area contributed by atoms with Crippen LogP contribution < -0.4 is 0 Å². The third-order valence-electron chi connectivity index (χ3n) is 3.40. The van der Waals surface area contributed by atoms with Crippen molar-refractivity contribution in [3.63, 3.8) is 0 Å². The number of nitrogens with zero attached hydrogens (tertiary/aromatic N) is 5. The number of aromatic nitrogens is 4. The van der Waals surface area contributed by atoms with Gasteiger partial charge in [0.15, 0.2) is 0 Å². The zero-order valence-electron chi connectivity index (χ0n) is 12.6. The second kappa shape index (κ2) is 6.34. The van der Waals surface area contributed by atoms with Gasteiger partial charge in [0.1, 0.15) is 0 Å². The van der Waals surface area contributed by atoms with Crippen LogP contribution in [0.1, 0.15) is 11.1 Å². The molecule has 0 atom stereocenters. The number of halogens is 1. The van der Waals surface area contributed by atoms with E-state index in [1.165, 1.54) is 5.56 Å². The van der Waals surface area contributed by atoms with Crippen molar-refractivity contribution in [3.05, 3.63) is 65.2 Å². The van der Waals surface area contributed by atoms with Crippen molar-refractivity contribution in [1.82, 2.24) is 24.5 Å². The molecular weight excluding hydrogens is 298 g/mol. The minimum atomic E-state index is 0.695. The molecule has 0 bridgehead atoms. The fraction of sp³-hybridized carbons (Fsp3) is 0.250. The van der Waals surface area contributed by atoms with Gasteiger partial charge in [0.25, 0.3) is 0 Å². The highest BCUT2D eigenvalue weighted by Gasteiger charge is 2.08. The molecule has 0 aliphatic heterocycles. The molecule has 0 N–H and O–H groups in total. The first kappa shape index (κ1) is 14.8. The highest BCUT2D eigenvalue weighted by Crippen LogP contribution is 2.19. The van der Waals surface area contributed by atoms with Crippen molar-refractivity contribution >= 4 is 11.6 Å². The van der Waals surface area contributed by atoms with E-state index in [4.69, 9.17) is 11.6 Å². The molecule has 2 aromatic heterocycles. The summed E-state index contributed by atoms with van der Waals surface area (Å²) in [5.74, 6) is 0. The third kappa shape index (κ3) is 3.37. The molecule has 114 valence electrons. The average molecular weight is 316 g/mol. The Labute approximate surface area is 134 Å². The number of benzene rings is 1. The second-order valence-corrected chi connectivity index (χ2v) is 5.85. The van der Waals surface area contributed by atoms with Crippen molar-refractivity contribution in [2.75, 3.05) is 7.05 Å². The van der Waals surface area contributed by atoms with E-state index in [9.17, 15) is 0 Å². The fourth-order valence-electron chi connectivity index (χ4n) is 2.44. The van der Waals surface area contributed by atoms with Crippen LogP contribution in [0.25, 0.3) is 5.69 Å². The Hall–Kier alpha value is -2.11. The molecule has 22 heavy (non-hydrogen) atoms. The number of hydrogen-bond acceptors (Lipinski definition) is 3. The van der Waals surface area contributed by atoms with Crippen LogP contribution in [0.2, 0.25) is 5.02 Å². The molecule has 0 unspecified atom stereocenters. The third-order valence-corrected chi connectivity index (χ3v) is 3.72. The molecule has 3 aromatic rings. The maximum absolute atomic E-state index is 6.20. The Morgan fingerprint density at radius 3 is 2.41 bits per heavy atom. The average Bonchev–Trinajstić information content (AvgIpc) is 3.09. The molecule has 0 fully saturated rings. The normalized spacial score (nSPS) is 11.3. The van der Waals surface area contributed by atoms with Gasteiger partial charge in [-0.3, -0.25) is 9.58 Å². The van der Waals surface area contributed by atoms with Crippen molar-refractivity contribution in [2.24, 2.45) is 7.05 Å². The first-order valence-corrected chi connectivity index (χ1v) is 7.44. The van der Waals surface area contributed by atoms with Gasteiger partial charge in [0.2, 0.25) is 0 Å². The molecule has 5 nitrogen and oxygen atoms in total. The minimum Gasteiger partial charge on any atom is -0.298 e. The van der Waals surface area contributed by atoms with E-state index in [0.717, 1.165) is 24.3 Å². The highest BCUT2D eigenvalue weighted by atomic mass is 35.5. The second-order valence-electron chi connectivity index (χ2n) is 5.44. The molecule has 0 amide bonds. The molecule has 0 spiro atoms. The topological polar surface area (TPSA) is 38.9 Å². The Bertz CT molecular complexity index is 761. The molecule has 0 saturated heterocycles. The maximum Gasteiger partial charge on any atom is 0.0831 e. The largest absolute Gasteiger partial charge is 0.298 e. The highest BCUT2D eigenvalue weighted by molar-refractivity contribution is 6.32. The van der Waals surface area contributed by atoms with Gasteiger partial charge in [-0.05, 0) is 19.2 Å². The molecule has 0 saturated carbocycles. The van der Waals surface area contributed by atoms with Crippen LogP contribution in [-0.4, -0.2) is 31.5 Å². The van der Waals surface area contributed by atoms with E-state index in [1.54, 1.807) is 0 Å². The summed E-state index contributed by atoms with van der Waals surface area (Å²) in [4.78, 5) is 2.23.